The van der Waals surface area contributed by atoms with E-state index >= 15 is 0 Å². The molecule has 0 radical (unpaired) electrons. The SMILES string of the molecule is NCc1ccc(CCc2cscn2)cc1. The number of aryl methyl sites for hydroxylation is 2. The Morgan fingerprint density at radius 3 is 2.40 bits per heavy atom. The average molecular weight is 218 g/mol. The Morgan fingerprint density at radius 1 is 1.07 bits per heavy atom. The highest BCUT2D eigenvalue weighted by atomic mass is 32.1. The standard InChI is InChI=1S/C12H14N2S/c13-7-11-3-1-10(2-4-11)5-6-12-8-15-9-14-12/h1-4,8-9H,5-7,13H2. The summed E-state index contributed by atoms with van der Waals surface area (Å²) < 4.78 is 0. The Labute approximate surface area is 93.8 Å². The normalized spacial score (nSPS) is 10.5. The summed E-state index contributed by atoms with van der Waals surface area (Å²) in [5, 5.41) is 2.11. The largest absolute Gasteiger partial charge is 0.326 e. The van der Waals surface area contributed by atoms with Gasteiger partial charge in [0, 0.05) is 11.9 Å². The maximum atomic E-state index is 5.54. The van der Waals surface area contributed by atoms with Crippen molar-refractivity contribution >= 4 is 11.3 Å². The molecule has 1 heterocycles. The summed E-state index contributed by atoms with van der Waals surface area (Å²) in [6.07, 6.45) is 2.07. The maximum Gasteiger partial charge on any atom is 0.0794 e. The Morgan fingerprint density at radius 2 is 1.80 bits per heavy atom. The van der Waals surface area contributed by atoms with Crippen LogP contribution in [0.2, 0.25) is 0 Å². The minimum atomic E-state index is 0.617. The molecule has 0 fully saturated rings. The molecular formula is C12H14N2S. The van der Waals surface area contributed by atoms with Crippen LogP contribution in [0.5, 0.6) is 0 Å². The highest BCUT2D eigenvalue weighted by Crippen LogP contribution is 2.09. The molecule has 2 rings (SSSR count). The van der Waals surface area contributed by atoms with Crippen LogP contribution in [0.1, 0.15) is 16.8 Å². The van der Waals surface area contributed by atoms with E-state index in [0.29, 0.717) is 6.54 Å². The van der Waals surface area contributed by atoms with Crippen molar-refractivity contribution in [2.45, 2.75) is 19.4 Å². The second kappa shape index (κ2) is 5.05. The zero-order valence-corrected chi connectivity index (χ0v) is 9.33. The Kier molecular flexibility index (Phi) is 3.48. The second-order valence-corrected chi connectivity index (χ2v) is 4.22. The smallest absolute Gasteiger partial charge is 0.0794 e. The molecule has 78 valence electrons. The molecule has 2 aromatic rings. The minimum Gasteiger partial charge on any atom is -0.326 e. The lowest BCUT2D eigenvalue weighted by Crippen LogP contribution is -1.97. The lowest BCUT2D eigenvalue weighted by molar-refractivity contribution is 0.923. The van der Waals surface area contributed by atoms with E-state index in [9.17, 15) is 0 Å². The van der Waals surface area contributed by atoms with Gasteiger partial charge in [0.2, 0.25) is 0 Å². The van der Waals surface area contributed by atoms with Crippen molar-refractivity contribution in [2.75, 3.05) is 0 Å². The van der Waals surface area contributed by atoms with Gasteiger partial charge >= 0.3 is 0 Å². The summed E-state index contributed by atoms with van der Waals surface area (Å²) in [5.74, 6) is 0. The van der Waals surface area contributed by atoms with Gasteiger partial charge in [-0.2, -0.15) is 0 Å². The molecule has 0 unspecified atom stereocenters. The van der Waals surface area contributed by atoms with E-state index in [2.05, 4.69) is 34.6 Å². The number of thiazole rings is 1. The number of hydrogen-bond acceptors (Lipinski definition) is 3. The van der Waals surface area contributed by atoms with Crippen molar-refractivity contribution in [1.29, 1.82) is 0 Å². The molecule has 0 amide bonds. The van der Waals surface area contributed by atoms with Crippen molar-refractivity contribution < 1.29 is 0 Å². The van der Waals surface area contributed by atoms with E-state index in [1.54, 1.807) is 11.3 Å². The van der Waals surface area contributed by atoms with Crippen LogP contribution in [-0.2, 0) is 19.4 Å². The lowest BCUT2D eigenvalue weighted by atomic mass is 10.1. The van der Waals surface area contributed by atoms with E-state index in [0.717, 1.165) is 12.8 Å². The van der Waals surface area contributed by atoms with Gasteiger partial charge in [-0.05, 0) is 24.0 Å². The molecule has 0 bridgehead atoms. The number of rotatable bonds is 4. The van der Waals surface area contributed by atoms with Crippen LogP contribution in [0.15, 0.2) is 35.2 Å². The third kappa shape index (κ3) is 2.88. The van der Waals surface area contributed by atoms with Crippen LogP contribution in [-0.4, -0.2) is 4.98 Å². The van der Waals surface area contributed by atoms with Crippen molar-refractivity contribution in [3.8, 4) is 0 Å². The summed E-state index contributed by atoms with van der Waals surface area (Å²) in [5.41, 5.74) is 11.1. The number of nitrogens with zero attached hydrogens (tertiary/aromatic N) is 1. The van der Waals surface area contributed by atoms with Crippen LogP contribution in [0.25, 0.3) is 0 Å². The maximum absolute atomic E-state index is 5.54. The molecule has 0 aliphatic heterocycles. The number of aromatic nitrogens is 1. The van der Waals surface area contributed by atoms with Crippen LogP contribution < -0.4 is 5.73 Å². The predicted octanol–water partition coefficient (Wildman–Crippen LogP) is 2.39. The summed E-state index contributed by atoms with van der Waals surface area (Å²) in [4.78, 5) is 4.26. The van der Waals surface area contributed by atoms with Gasteiger partial charge in [0.05, 0.1) is 11.2 Å². The van der Waals surface area contributed by atoms with E-state index in [-0.39, 0.29) is 0 Å². The van der Waals surface area contributed by atoms with E-state index in [1.165, 1.54) is 16.8 Å². The van der Waals surface area contributed by atoms with Crippen LogP contribution in [0.4, 0.5) is 0 Å². The molecule has 2 nitrogen and oxygen atoms in total. The Bertz CT molecular complexity index is 392. The van der Waals surface area contributed by atoms with Crippen molar-refractivity contribution in [3.63, 3.8) is 0 Å². The first-order chi connectivity index (χ1) is 7.38. The van der Waals surface area contributed by atoms with Crippen LogP contribution in [0.3, 0.4) is 0 Å². The van der Waals surface area contributed by atoms with Crippen LogP contribution >= 0.6 is 11.3 Å². The van der Waals surface area contributed by atoms with Gasteiger partial charge in [0.15, 0.2) is 0 Å². The van der Waals surface area contributed by atoms with Gasteiger partial charge in [-0.1, -0.05) is 24.3 Å². The van der Waals surface area contributed by atoms with Gasteiger partial charge in [-0.3, -0.25) is 0 Å². The van der Waals surface area contributed by atoms with Gasteiger partial charge < -0.3 is 5.73 Å². The summed E-state index contributed by atoms with van der Waals surface area (Å²) in [6.45, 7) is 0.617. The average Bonchev–Trinajstić information content (AvgIpc) is 2.80. The predicted molar refractivity (Wildman–Crippen MR) is 63.9 cm³/mol. The fraction of sp³-hybridized carbons (Fsp3) is 0.250. The molecule has 2 N–H and O–H groups in total. The van der Waals surface area contributed by atoms with E-state index in [1.807, 2.05) is 5.51 Å². The highest BCUT2D eigenvalue weighted by Gasteiger charge is 1.97. The molecule has 1 aromatic carbocycles. The first-order valence-corrected chi connectivity index (χ1v) is 5.97. The van der Waals surface area contributed by atoms with Gasteiger partial charge in [0.25, 0.3) is 0 Å². The molecule has 1 aromatic heterocycles. The molecule has 0 spiro atoms. The summed E-state index contributed by atoms with van der Waals surface area (Å²) >= 11 is 1.65. The monoisotopic (exact) mass is 218 g/mol. The zero-order valence-electron chi connectivity index (χ0n) is 8.52. The van der Waals surface area contributed by atoms with Crippen molar-refractivity contribution in [2.24, 2.45) is 5.73 Å². The summed E-state index contributed by atoms with van der Waals surface area (Å²) in [7, 11) is 0. The first-order valence-electron chi connectivity index (χ1n) is 5.03. The topological polar surface area (TPSA) is 38.9 Å². The molecule has 3 heteroatoms. The molecule has 0 aliphatic carbocycles. The van der Waals surface area contributed by atoms with Gasteiger partial charge in [-0.15, -0.1) is 11.3 Å². The summed E-state index contributed by atoms with van der Waals surface area (Å²) in [6, 6.07) is 8.48. The minimum absolute atomic E-state index is 0.617. The first kappa shape index (κ1) is 10.3. The van der Waals surface area contributed by atoms with Crippen LogP contribution in [0, 0.1) is 0 Å². The van der Waals surface area contributed by atoms with Crippen molar-refractivity contribution in [3.05, 3.63) is 52.0 Å². The van der Waals surface area contributed by atoms with Gasteiger partial charge in [0.1, 0.15) is 0 Å². The van der Waals surface area contributed by atoms with Crippen molar-refractivity contribution in [1.82, 2.24) is 4.98 Å². The highest BCUT2D eigenvalue weighted by molar-refractivity contribution is 7.07. The van der Waals surface area contributed by atoms with E-state index in [4.69, 9.17) is 5.73 Å². The third-order valence-corrected chi connectivity index (χ3v) is 3.05. The number of hydrogen-bond donors (Lipinski definition) is 1. The molecule has 0 saturated heterocycles. The van der Waals surface area contributed by atoms with Gasteiger partial charge in [-0.25, -0.2) is 4.98 Å². The fourth-order valence-corrected chi connectivity index (χ4v) is 2.07. The van der Waals surface area contributed by atoms with E-state index < -0.39 is 0 Å². The Hall–Kier alpha value is -1.19. The number of benzene rings is 1. The fourth-order valence-electron chi connectivity index (χ4n) is 1.48. The molecule has 0 saturated carbocycles. The molecule has 0 aliphatic rings. The molecular weight excluding hydrogens is 204 g/mol. The number of nitrogens with two attached hydrogens (primary N) is 1. The molecule has 0 atom stereocenters. The zero-order chi connectivity index (χ0) is 10.5. The molecule has 15 heavy (non-hydrogen) atoms. The second-order valence-electron chi connectivity index (χ2n) is 3.50. The third-order valence-electron chi connectivity index (χ3n) is 2.41. The Balaban J connectivity index is 1.93. The quantitative estimate of drug-likeness (QED) is 0.855. The lowest BCUT2D eigenvalue weighted by Gasteiger charge is -2.01.